The van der Waals surface area contributed by atoms with Crippen LogP contribution in [-0.4, -0.2) is 26.2 Å². The summed E-state index contributed by atoms with van der Waals surface area (Å²) in [6.45, 7) is 0. The standard InChI is InChI=1S/C20H17BrClN3O2S/c1-25(2)15-5-3-4-13(10-15)19(26)24-23-12-16-11-18(21)20(27-16)28-17-8-6-14(22)7-9-17/h3-12H,1-2H3,(H,24,26). The molecule has 0 radical (unpaired) electrons. The predicted molar refractivity (Wildman–Crippen MR) is 118 cm³/mol. The second-order valence-electron chi connectivity index (χ2n) is 5.98. The highest BCUT2D eigenvalue weighted by Crippen LogP contribution is 2.35. The minimum Gasteiger partial charge on any atom is -0.447 e. The fraction of sp³-hybridized carbons (Fsp3) is 0.100. The molecule has 2 aromatic carbocycles. The molecule has 1 aromatic heterocycles. The monoisotopic (exact) mass is 477 g/mol. The van der Waals surface area contributed by atoms with Gasteiger partial charge >= 0.3 is 0 Å². The van der Waals surface area contributed by atoms with E-state index in [2.05, 4.69) is 26.5 Å². The molecule has 0 aliphatic heterocycles. The van der Waals surface area contributed by atoms with Crippen molar-refractivity contribution in [2.75, 3.05) is 19.0 Å². The third kappa shape index (κ3) is 5.41. The van der Waals surface area contributed by atoms with Crippen molar-refractivity contribution in [1.29, 1.82) is 0 Å². The lowest BCUT2D eigenvalue weighted by Crippen LogP contribution is -2.18. The number of carbonyl (C=O) groups excluding carboxylic acids is 1. The number of hydrogen-bond acceptors (Lipinski definition) is 5. The van der Waals surface area contributed by atoms with Gasteiger partial charge in [0, 0.05) is 41.3 Å². The molecule has 0 atom stereocenters. The van der Waals surface area contributed by atoms with Gasteiger partial charge in [-0.25, -0.2) is 5.43 Å². The van der Waals surface area contributed by atoms with Crippen LogP contribution >= 0.6 is 39.3 Å². The Kier molecular flexibility index (Phi) is 6.83. The van der Waals surface area contributed by atoms with E-state index in [1.807, 2.05) is 55.4 Å². The maximum Gasteiger partial charge on any atom is 0.271 e. The smallest absolute Gasteiger partial charge is 0.271 e. The minimum atomic E-state index is -0.290. The van der Waals surface area contributed by atoms with Crippen LogP contribution in [-0.2, 0) is 0 Å². The predicted octanol–water partition coefficient (Wildman–Crippen LogP) is 5.68. The van der Waals surface area contributed by atoms with Gasteiger partial charge in [-0.1, -0.05) is 29.4 Å². The summed E-state index contributed by atoms with van der Waals surface area (Å²) in [4.78, 5) is 15.2. The number of nitrogens with zero attached hydrogens (tertiary/aromatic N) is 2. The molecule has 28 heavy (non-hydrogen) atoms. The first-order valence-electron chi connectivity index (χ1n) is 8.26. The Labute approximate surface area is 180 Å². The van der Waals surface area contributed by atoms with E-state index in [4.69, 9.17) is 16.0 Å². The van der Waals surface area contributed by atoms with Crippen molar-refractivity contribution in [3.05, 3.63) is 75.4 Å². The number of halogens is 2. The highest BCUT2D eigenvalue weighted by molar-refractivity contribution is 9.10. The van der Waals surface area contributed by atoms with Crippen LogP contribution < -0.4 is 10.3 Å². The maximum atomic E-state index is 12.3. The number of hydrazone groups is 1. The molecule has 144 valence electrons. The van der Waals surface area contributed by atoms with Crippen LogP contribution in [0.3, 0.4) is 0 Å². The van der Waals surface area contributed by atoms with Gasteiger partial charge in [0.05, 0.1) is 10.7 Å². The molecule has 1 N–H and O–H groups in total. The van der Waals surface area contributed by atoms with Crippen molar-refractivity contribution in [1.82, 2.24) is 5.43 Å². The Balaban J connectivity index is 1.64. The molecule has 8 heteroatoms. The van der Waals surface area contributed by atoms with Crippen LogP contribution in [0.2, 0.25) is 5.02 Å². The molecule has 0 bridgehead atoms. The van der Waals surface area contributed by atoms with Crippen LogP contribution in [0.15, 0.2) is 78.6 Å². The molecule has 3 rings (SSSR count). The molecule has 0 spiro atoms. The second kappa shape index (κ2) is 9.32. The summed E-state index contributed by atoms with van der Waals surface area (Å²) in [7, 11) is 3.84. The van der Waals surface area contributed by atoms with Crippen molar-refractivity contribution in [2.24, 2.45) is 5.10 Å². The van der Waals surface area contributed by atoms with Gasteiger partial charge < -0.3 is 9.32 Å². The van der Waals surface area contributed by atoms with Crippen molar-refractivity contribution in [3.8, 4) is 0 Å². The molecular weight excluding hydrogens is 462 g/mol. The fourth-order valence-electron chi connectivity index (χ4n) is 2.26. The third-order valence-electron chi connectivity index (χ3n) is 3.68. The molecule has 0 aliphatic rings. The molecule has 0 fully saturated rings. The second-order valence-corrected chi connectivity index (χ2v) is 8.32. The highest BCUT2D eigenvalue weighted by Gasteiger charge is 2.10. The van der Waals surface area contributed by atoms with E-state index in [-0.39, 0.29) is 5.91 Å². The first-order valence-corrected chi connectivity index (χ1v) is 10.2. The van der Waals surface area contributed by atoms with Crippen molar-refractivity contribution >= 4 is 57.1 Å². The zero-order valence-corrected chi connectivity index (χ0v) is 18.3. The number of amides is 1. The summed E-state index contributed by atoms with van der Waals surface area (Å²) < 4.78 is 6.57. The Bertz CT molecular complexity index is 1000. The molecule has 1 heterocycles. The number of carbonyl (C=O) groups is 1. The van der Waals surface area contributed by atoms with Crippen molar-refractivity contribution in [2.45, 2.75) is 9.99 Å². The number of hydrogen-bond donors (Lipinski definition) is 1. The number of benzene rings is 2. The Morgan fingerprint density at radius 3 is 2.68 bits per heavy atom. The minimum absolute atomic E-state index is 0.290. The van der Waals surface area contributed by atoms with Gasteiger partial charge in [0.2, 0.25) is 0 Å². The molecule has 0 saturated heterocycles. The van der Waals surface area contributed by atoms with E-state index in [0.29, 0.717) is 21.4 Å². The van der Waals surface area contributed by atoms with Gasteiger partial charge in [0.1, 0.15) is 5.76 Å². The Hall–Kier alpha value is -2.22. The topological polar surface area (TPSA) is 57.8 Å². The van der Waals surface area contributed by atoms with Crippen LogP contribution in [0.4, 0.5) is 5.69 Å². The quantitative estimate of drug-likeness (QED) is 0.366. The highest BCUT2D eigenvalue weighted by atomic mass is 79.9. The largest absolute Gasteiger partial charge is 0.447 e. The number of anilines is 1. The van der Waals surface area contributed by atoms with Crippen molar-refractivity contribution in [3.63, 3.8) is 0 Å². The lowest BCUT2D eigenvalue weighted by atomic mass is 10.2. The van der Waals surface area contributed by atoms with Crippen LogP contribution in [0.5, 0.6) is 0 Å². The summed E-state index contributed by atoms with van der Waals surface area (Å²) in [5.74, 6) is 0.229. The van der Waals surface area contributed by atoms with Crippen LogP contribution in [0.25, 0.3) is 0 Å². The molecule has 0 aliphatic carbocycles. The average Bonchev–Trinajstić information content (AvgIpc) is 3.03. The SMILES string of the molecule is CN(C)c1cccc(C(=O)NN=Cc2cc(Br)c(Sc3ccc(Cl)cc3)o2)c1. The van der Waals surface area contributed by atoms with Crippen LogP contribution in [0, 0.1) is 0 Å². The van der Waals surface area contributed by atoms with E-state index in [9.17, 15) is 4.79 Å². The first kappa shape index (κ1) is 20.5. The lowest BCUT2D eigenvalue weighted by Gasteiger charge is -2.12. The van der Waals surface area contributed by atoms with Gasteiger partial charge in [0.25, 0.3) is 5.91 Å². The van der Waals surface area contributed by atoms with Gasteiger partial charge in [-0.15, -0.1) is 0 Å². The van der Waals surface area contributed by atoms with Gasteiger partial charge in [0.15, 0.2) is 5.09 Å². The molecule has 5 nitrogen and oxygen atoms in total. The first-order chi connectivity index (χ1) is 13.4. The fourth-order valence-corrected chi connectivity index (χ4v) is 3.71. The summed E-state index contributed by atoms with van der Waals surface area (Å²) in [5, 5.41) is 5.36. The normalized spacial score (nSPS) is 11.0. The zero-order chi connectivity index (χ0) is 20.1. The molecule has 0 saturated carbocycles. The van der Waals surface area contributed by atoms with E-state index in [1.165, 1.54) is 18.0 Å². The third-order valence-corrected chi connectivity index (χ3v) is 5.78. The molecule has 1 amide bonds. The summed E-state index contributed by atoms with van der Waals surface area (Å²) >= 11 is 10.8. The summed E-state index contributed by atoms with van der Waals surface area (Å²) in [6, 6.07) is 16.6. The lowest BCUT2D eigenvalue weighted by molar-refractivity contribution is 0.0955. The van der Waals surface area contributed by atoms with E-state index >= 15 is 0 Å². The number of rotatable bonds is 6. The average molecular weight is 479 g/mol. The summed E-state index contributed by atoms with van der Waals surface area (Å²) in [5.41, 5.74) is 3.98. The summed E-state index contributed by atoms with van der Waals surface area (Å²) in [6.07, 6.45) is 1.46. The zero-order valence-electron chi connectivity index (χ0n) is 15.1. The van der Waals surface area contributed by atoms with Gasteiger partial charge in [-0.3, -0.25) is 4.79 Å². The van der Waals surface area contributed by atoms with E-state index in [0.717, 1.165) is 15.1 Å². The van der Waals surface area contributed by atoms with E-state index < -0.39 is 0 Å². The van der Waals surface area contributed by atoms with Gasteiger partial charge in [-0.2, -0.15) is 5.10 Å². The molecule has 0 unspecified atom stereocenters. The maximum absolute atomic E-state index is 12.3. The number of furan rings is 1. The van der Waals surface area contributed by atoms with Crippen LogP contribution in [0.1, 0.15) is 16.1 Å². The van der Waals surface area contributed by atoms with Gasteiger partial charge in [-0.05, 0) is 58.4 Å². The number of nitrogens with one attached hydrogen (secondary N) is 1. The van der Waals surface area contributed by atoms with E-state index in [1.54, 1.807) is 18.2 Å². The molecular formula is C20H17BrClN3O2S. The van der Waals surface area contributed by atoms with Crippen molar-refractivity contribution < 1.29 is 9.21 Å². The Morgan fingerprint density at radius 2 is 1.96 bits per heavy atom. The molecule has 3 aromatic rings. The Morgan fingerprint density at radius 1 is 1.21 bits per heavy atom.